The van der Waals surface area contributed by atoms with Crippen LogP contribution in [0, 0.1) is 34.3 Å². The van der Waals surface area contributed by atoms with E-state index in [2.05, 4.69) is 6.07 Å². The minimum absolute atomic E-state index is 0.0296. The van der Waals surface area contributed by atoms with Crippen molar-refractivity contribution in [3.63, 3.8) is 0 Å². The SMILES string of the molecule is CC(C)(C#N)N1CCN(c2c(F)cc(C#N)cc2F)CC1. The maximum Gasteiger partial charge on any atom is 0.150 e. The Labute approximate surface area is 122 Å². The lowest BCUT2D eigenvalue weighted by molar-refractivity contribution is 0.157. The summed E-state index contributed by atoms with van der Waals surface area (Å²) in [6, 6.07) is 6.05. The van der Waals surface area contributed by atoms with Crippen molar-refractivity contribution in [2.75, 3.05) is 31.1 Å². The molecule has 110 valence electrons. The molecule has 2 rings (SSSR count). The van der Waals surface area contributed by atoms with Crippen molar-refractivity contribution in [3.8, 4) is 12.1 Å². The van der Waals surface area contributed by atoms with E-state index < -0.39 is 17.2 Å². The number of hydrogen-bond donors (Lipinski definition) is 0. The third kappa shape index (κ3) is 2.96. The zero-order valence-corrected chi connectivity index (χ0v) is 12.0. The lowest BCUT2D eigenvalue weighted by Crippen LogP contribution is -2.54. The van der Waals surface area contributed by atoms with Crippen LogP contribution in [0.1, 0.15) is 19.4 Å². The van der Waals surface area contributed by atoms with Crippen molar-refractivity contribution in [2.45, 2.75) is 19.4 Å². The average molecular weight is 290 g/mol. The summed E-state index contributed by atoms with van der Waals surface area (Å²) < 4.78 is 28.0. The summed E-state index contributed by atoms with van der Waals surface area (Å²) in [6.07, 6.45) is 0. The number of anilines is 1. The van der Waals surface area contributed by atoms with Gasteiger partial charge in [0.2, 0.25) is 0 Å². The second-order valence-electron chi connectivity index (χ2n) is 5.55. The van der Waals surface area contributed by atoms with E-state index in [1.54, 1.807) is 11.0 Å². The van der Waals surface area contributed by atoms with Gasteiger partial charge in [0.1, 0.15) is 11.2 Å². The molecule has 1 heterocycles. The molecule has 1 fully saturated rings. The predicted octanol–water partition coefficient (Wildman–Crippen LogP) is 2.26. The normalized spacial score (nSPS) is 16.4. The van der Waals surface area contributed by atoms with E-state index >= 15 is 0 Å². The Kier molecular flexibility index (Phi) is 4.11. The number of benzene rings is 1. The van der Waals surface area contributed by atoms with Crippen LogP contribution in [-0.4, -0.2) is 36.6 Å². The van der Waals surface area contributed by atoms with Gasteiger partial charge in [-0.1, -0.05) is 0 Å². The Hall–Kier alpha value is -2.18. The van der Waals surface area contributed by atoms with Crippen LogP contribution in [0.15, 0.2) is 12.1 Å². The topological polar surface area (TPSA) is 54.1 Å². The maximum absolute atomic E-state index is 14.0. The lowest BCUT2D eigenvalue weighted by Gasteiger charge is -2.41. The van der Waals surface area contributed by atoms with E-state index in [4.69, 9.17) is 10.5 Å². The van der Waals surface area contributed by atoms with Crippen molar-refractivity contribution in [1.82, 2.24) is 4.90 Å². The van der Waals surface area contributed by atoms with Gasteiger partial charge in [0, 0.05) is 26.2 Å². The molecule has 0 unspecified atom stereocenters. The van der Waals surface area contributed by atoms with Crippen LogP contribution < -0.4 is 4.90 Å². The van der Waals surface area contributed by atoms with Crippen molar-refractivity contribution in [1.29, 1.82) is 10.5 Å². The minimum atomic E-state index is -0.723. The van der Waals surface area contributed by atoms with E-state index in [0.717, 1.165) is 12.1 Å². The Morgan fingerprint density at radius 1 is 1.05 bits per heavy atom. The quantitative estimate of drug-likeness (QED) is 0.838. The first kappa shape index (κ1) is 15.2. The van der Waals surface area contributed by atoms with Crippen LogP contribution >= 0.6 is 0 Å². The number of rotatable bonds is 2. The molecule has 1 saturated heterocycles. The maximum atomic E-state index is 14.0. The van der Waals surface area contributed by atoms with Gasteiger partial charge in [0.25, 0.3) is 0 Å². The van der Waals surface area contributed by atoms with Crippen LogP contribution in [0.25, 0.3) is 0 Å². The molecule has 0 bridgehead atoms. The summed E-state index contributed by atoms with van der Waals surface area (Å²) in [5, 5.41) is 17.8. The third-order valence-electron chi connectivity index (χ3n) is 3.81. The molecule has 1 aliphatic heterocycles. The smallest absolute Gasteiger partial charge is 0.150 e. The van der Waals surface area contributed by atoms with E-state index in [0.29, 0.717) is 26.2 Å². The lowest BCUT2D eigenvalue weighted by atomic mass is 10.0. The highest BCUT2D eigenvalue weighted by molar-refractivity contribution is 5.53. The van der Waals surface area contributed by atoms with Crippen molar-refractivity contribution in [3.05, 3.63) is 29.3 Å². The highest BCUT2D eigenvalue weighted by Crippen LogP contribution is 2.27. The van der Waals surface area contributed by atoms with Crippen LogP contribution in [-0.2, 0) is 0 Å². The van der Waals surface area contributed by atoms with E-state index in [9.17, 15) is 8.78 Å². The Morgan fingerprint density at radius 3 is 2.00 bits per heavy atom. The molecule has 1 aromatic carbocycles. The van der Waals surface area contributed by atoms with Crippen LogP contribution in [0.2, 0.25) is 0 Å². The molecule has 0 aliphatic carbocycles. The average Bonchev–Trinajstić information content (AvgIpc) is 2.47. The molecule has 0 spiro atoms. The molecule has 0 aromatic heterocycles. The van der Waals surface area contributed by atoms with E-state index in [-0.39, 0.29) is 11.3 Å². The third-order valence-corrected chi connectivity index (χ3v) is 3.81. The van der Waals surface area contributed by atoms with Crippen LogP contribution in [0.4, 0.5) is 14.5 Å². The summed E-state index contributed by atoms with van der Waals surface area (Å²) in [5.41, 5.74) is -0.713. The second kappa shape index (κ2) is 5.67. The standard InChI is InChI=1S/C15H16F2N4/c1-15(2,10-19)21-5-3-20(4-6-21)14-12(16)7-11(9-18)8-13(14)17/h7-8H,3-6H2,1-2H3. The number of nitrogens with zero attached hydrogens (tertiary/aromatic N) is 4. The molecular formula is C15H16F2N4. The summed E-state index contributed by atoms with van der Waals surface area (Å²) >= 11 is 0. The molecule has 0 amide bonds. The highest BCUT2D eigenvalue weighted by Gasteiger charge is 2.31. The molecule has 0 saturated carbocycles. The van der Waals surface area contributed by atoms with Gasteiger partial charge in [0.15, 0.2) is 11.6 Å². The van der Waals surface area contributed by atoms with E-state index in [1.165, 1.54) is 0 Å². The molecular weight excluding hydrogens is 274 g/mol. The van der Waals surface area contributed by atoms with Crippen LogP contribution in [0.5, 0.6) is 0 Å². The first-order valence-corrected chi connectivity index (χ1v) is 6.69. The molecule has 4 nitrogen and oxygen atoms in total. The fourth-order valence-corrected chi connectivity index (χ4v) is 2.49. The van der Waals surface area contributed by atoms with Gasteiger partial charge in [-0.2, -0.15) is 10.5 Å². The van der Waals surface area contributed by atoms with Gasteiger partial charge in [-0.05, 0) is 26.0 Å². The van der Waals surface area contributed by atoms with Crippen molar-refractivity contribution in [2.24, 2.45) is 0 Å². The number of piperazine rings is 1. The van der Waals surface area contributed by atoms with Crippen molar-refractivity contribution < 1.29 is 8.78 Å². The molecule has 0 N–H and O–H groups in total. The number of nitriles is 2. The monoisotopic (exact) mass is 290 g/mol. The Morgan fingerprint density at radius 2 is 1.57 bits per heavy atom. The number of halogens is 2. The largest absolute Gasteiger partial charge is 0.364 e. The molecule has 1 aromatic rings. The Balaban J connectivity index is 2.17. The van der Waals surface area contributed by atoms with Crippen molar-refractivity contribution >= 4 is 5.69 Å². The first-order valence-electron chi connectivity index (χ1n) is 6.69. The van der Waals surface area contributed by atoms with Gasteiger partial charge in [-0.15, -0.1) is 0 Å². The van der Waals surface area contributed by atoms with E-state index in [1.807, 2.05) is 18.7 Å². The van der Waals surface area contributed by atoms with Gasteiger partial charge in [-0.25, -0.2) is 8.78 Å². The zero-order valence-electron chi connectivity index (χ0n) is 12.0. The first-order chi connectivity index (χ1) is 9.89. The van der Waals surface area contributed by atoms with Gasteiger partial charge < -0.3 is 4.90 Å². The minimum Gasteiger partial charge on any atom is -0.364 e. The van der Waals surface area contributed by atoms with Gasteiger partial charge in [-0.3, -0.25) is 4.90 Å². The zero-order chi connectivity index (χ0) is 15.6. The van der Waals surface area contributed by atoms with Crippen LogP contribution in [0.3, 0.4) is 0 Å². The summed E-state index contributed by atoms with van der Waals surface area (Å²) in [5.74, 6) is -1.45. The second-order valence-corrected chi connectivity index (χ2v) is 5.55. The highest BCUT2D eigenvalue weighted by atomic mass is 19.1. The predicted molar refractivity (Wildman–Crippen MR) is 74.6 cm³/mol. The molecule has 6 heteroatoms. The summed E-state index contributed by atoms with van der Waals surface area (Å²) in [7, 11) is 0. The molecule has 0 radical (unpaired) electrons. The Bertz CT molecular complexity index is 597. The van der Waals surface area contributed by atoms with Gasteiger partial charge >= 0.3 is 0 Å². The fraction of sp³-hybridized carbons (Fsp3) is 0.467. The fourth-order valence-electron chi connectivity index (χ4n) is 2.49. The number of hydrogen-bond acceptors (Lipinski definition) is 4. The summed E-state index contributed by atoms with van der Waals surface area (Å²) in [4.78, 5) is 3.61. The summed E-state index contributed by atoms with van der Waals surface area (Å²) in [6.45, 7) is 5.63. The molecule has 0 atom stereocenters. The molecule has 1 aliphatic rings. The van der Waals surface area contributed by atoms with Gasteiger partial charge in [0.05, 0.1) is 17.7 Å². The molecule has 21 heavy (non-hydrogen) atoms.